The Morgan fingerprint density at radius 3 is 2.54 bits per heavy atom. The fraction of sp³-hybridized carbons (Fsp3) is 0.522. The van der Waals surface area contributed by atoms with Gasteiger partial charge in [0.05, 0.1) is 13.7 Å². The van der Waals surface area contributed by atoms with E-state index >= 15 is 0 Å². The number of nitrogens with one attached hydrogen (secondary N) is 2. The summed E-state index contributed by atoms with van der Waals surface area (Å²) in [7, 11) is 3.67. The zero-order chi connectivity index (χ0) is 23.5. The highest BCUT2D eigenvalue weighted by molar-refractivity contribution is 6.30. The number of rotatable bonds is 12. The minimum Gasteiger partial charge on any atom is -0.493 e. The van der Waals surface area contributed by atoms with Crippen LogP contribution in [0.5, 0.6) is 11.5 Å². The molecular formula is C23H35Cl3N6O3. The highest BCUT2D eigenvalue weighted by Crippen LogP contribution is 2.29. The van der Waals surface area contributed by atoms with Crippen molar-refractivity contribution in [3.63, 3.8) is 0 Å². The summed E-state index contributed by atoms with van der Waals surface area (Å²) >= 11 is 6.01. The van der Waals surface area contributed by atoms with E-state index in [0.717, 1.165) is 58.7 Å². The molecule has 2 N–H and O–H groups in total. The summed E-state index contributed by atoms with van der Waals surface area (Å²) in [6.45, 7) is 6.21. The number of aromatic nitrogens is 2. The summed E-state index contributed by atoms with van der Waals surface area (Å²) in [6.07, 6.45) is 3.40. The van der Waals surface area contributed by atoms with Gasteiger partial charge in [-0.05, 0) is 51.2 Å². The lowest BCUT2D eigenvalue weighted by Crippen LogP contribution is -2.47. The number of piperazine rings is 1. The molecule has 1 fully saturated rings. The zero-order valence-corrected chi connectivity index (χ0v) is 22.6. The van der Waals surface area contributed by atoms with Gasteiger partial charge in [0.2, 0.25) is 5.95 Å². The zero-order valence-electron chi connectivity index (χ0n) is 20.2. The molecule has 0 aliphatic carbocycles. The first-order valence-corrected chi connectivity index (χ1v) is 11.7. The molecule has 0 unspecified atom stereocenters. The van der Waals surface area contributed by atoms with E-state index in [9.17, 15) is 4.79 Å². The molecule has 12 heteroatoms. The highest BCUT2D eigenvalue weighted by Gasteiger charge is 2.21. The van der Waals surface area contributed by atoms with Gasteiger partial charge in [0.1, 0.15) is 5.69 Å². The van der Waals surface area contributed by atoms with Crippen molar-refractivity contribution in [3.8, 4) is 11.5 Å². The standard InChI is InChI=1S/C23H33ClN6O3.2ClH/c1-29-12-14-30(15-13-29)22(31)19-7-11-27-23(28-19)26-10-3-8-25-9-4-16-33-21-17-18(24)5-6-20(21)32-2;;/h5-7,11,17,25H,3-4,8-10,12-16H2,1-2H3,(H,26,27,28);2*1H. The molecule has 1 aliphatic heterocycles. The third-order valence-electron chi connectivity index (χ3n) is 5.36. The minimum atomic E-state index is -0.0344. The fourth-order valence-electron chi connectivity index (χ4n) is 3.42. The van der Waals surface area contributed by atoms with E-state index in [1.165, 1.54) is 0 Å². The number of halogens is 3. The normalized spacial score (nSPS) is 13.4. The number of hydrogen-bond acceptors (Lipinski definition) is 8. The lowest BCUT2D eigenvalue weighted by Gasteiger charge is -2.32. The summed E-state index contributed by atoms with van der Waals surface area (Å²) in [5.41, 5.74) is 0.437. The van der Waals surface area contributed by atoms with Gasteiger partial charge in [-0.15, -0.1) is 24.8 Å². The molecule has 0 atom stereocenters. The maximum absolute atomic E-state index is 12.7. The van der Waals surface area contributed by atoms with Crippen LogP contribution in [-0.4, -0.2) is 92.3 Å². The van der Waals surface area contributed by atoms with Gasteiger partial charge in [-0.3, -0.25) is 4.79 Å². The van der Waals surface area contributed by atoms with Crippen LogP contribution in [0.3, 0.4) is 0 Å². The second kappa shape index (κ2) is 16.6. The molecule has 0 saturated carbocycles. The lowest BCUT2D eigenvalue weighted by molar-refractivity contribution is 0.0658. The van der Waals surface area contributed by atoms with E-state index in [2.05, 4.69) is 32.5 Å². The number of carbonyl (C=O) groups excluding carboxylic acids is 1. The molecule has 1 aromatic carbocycles. The van der Waals surface area contributed by atoms with E-state index in [1.807, 2.05) is 4.90 Å². The van der Waals surface area contributed by atoms with Crippen molar-refractivity contribution < 1.29 is 14.3 Å². The Kier molecular flexibility index (Phi) is 14.7. The minimum absolute atomic E-state index is 0. The third-order valence-corrected chi connectivity index (χ3v) is 5.59. The van der Waals surface area contributed by atoms with Crippen molar-refractivity contribution in [1.82, 2.24) is 25.1 Å². The largest absolute Gasteiger partial charge is 0.493 e. The van der Waals surface area contributed by atoms with Crippen LogP contribution in [0, 0.1) is 0 Å². The summed E-state index contributed by atoms with van der Waals surface area (Å²) in [6, 6.07) is 7.00. The molecule has 1 amide bonds. The summed E-state index contributed by atoms with van der Waals surface area (Å²) in [5, 5.41) is 7.21. The molecule has 3 rings (SSSR count). The summed E-state index contributed by atoms with van der Waals surface area (Å²) in [4.78, 5) is 25.3. The predicted octanol–water partition coefficient (Wildman–Crippen LogP) is 3.23. The quantitative estimate of drug-likeness (QED) is 0.390. The third kappa shape index (κ3) is 10.2. The van der Waals surface area contributed by atoms with Crippen molar-refractivity contribution >= 4 is 48.3 Å². The van der Waals surface area contributed by atoms with Gasteiger partial charge in [0, 0.05) is 50.0 Å². The van der Waals surface area contributed by atoms with E-state index in [1.54, 1.807) is 37.6 Å². The van der Waals surface area contributed by atoms with Gasteiger partial charge in [-0.1, -0.05) is 11.6 Å². The fourth-order valence-corrected chi connectivity index (χ4v) is 3.58. The summed E-state index contributed by atoms with van der Waals surface area (Å²) in [5.74, 6) is 1.78. The molecule has 0 spiro atoms. The second-order valence-corrected chi connectivity index (χ2v) is 8.32. The number of ether oxygens (including phenoxy) is 2. The summed E-state index contributed by atoms with van der Waals surface area (Å²) < 4.78 is 11.0. The molecule has 0 radical (unpaired) electrons. The van der Waals surface area contributed by atoms with E-state index in [0.29, 0.717) is 34.8 Å². The number of methoxy groups -OCH3 is 1. The second-order valence-electron chi connectivity index (χ2n) is 7.89. The van der Waals surface area contributed by atoms with Crippen LogP contribution in [0.4, 0.5) is 5.95 Å². The molecule has 1 aromatic heterocycles. The van der Waals surface area contributed by atoms with Gasteiger partial charge in [-0.25, -0.2) is 9.97 Å². The Hall–Kier alpha value is -2.04. The molecule has 2 aromatic rings. The Balaban J connectivity index is 0.00000306. The topological polar surface area (TPSA) is 91.8 Å². The highest BCUT2D eigenvalue weighted by atomic mass is 35.5. The molecule has 0 bridgehead atoms. The number of likely N-dealkylation sites (N-methyl/N-ethyl adjacent to an activating group) is 1. The Labute approximate surface area is 224 Å². The monoisotopic (exact) mass is 548 g/mol. The van der Waals surface area contributed by atoms with Crippen LogP contribution in [0.15, 0.2) is 30.5 Å². The van der Waals surface area contributed by atoms with Crippen LogP contribution >= 0.6 is 36.4 Å². The first-order valence-electron chi connectivity index (χ1n) is 11.3. The van der Waals surface area contributed by atoms with E-state index in [4.69, 9.17) is 21.1 Å². The Morgan fingerprint density at radius 2 is 1.80 bits per heavy atom. The van der Waals surface area contributed by atoms with Crippen molar-refractivity contribution in [2.24, 2.45) is 0 Å². The van der Waals surface area contributed by atoms with Gasteiger partial charge in [0.15, 0.2) is 11.5 Å². The Bertz CT molecular complexity index is 901. The maximum atomic E-state index is 12.7. The van der Waals surface area contributed by atoms with Crippen molar-refractivity contribution in [3.05, 3.63) is 41.2 Å². The SMILES string of the molecule is COc1ccc(Cl)cc1OCCCNCCCNc1nccc(C(=O)N2CCN(C)CC2)n1.Cl.Cl. The smallest absolute Gasteiger partial charge is 0.272 e. The molecular weight excluding hydrogens is 515 g/mol. The number of hydrogen-bond donors (Lipinski definition) is 2. The van der Waals surface area contributed by atoms with Gasteiger partial charge < -0.3 is 29.9 Å². The molecule has 196 valence electrons. The van der Waals surface area contributed by atoms with Crippen LogP contribution in [0.1, 0.15) is 23.3 Å². The van der Waals surface area contributed by atoms with Crippen molar-refractivity contribution in [2.45, 2.75) is 12.8 Å². The number of amides is 1. The first-order chi connectivity index (χ1) is 16.1. The number of nitrogens with zero attached hydrogens (tertiary/aromatic N) is 4. The molecule has 2 heterocycles. The lowest BCUT2D eigenvalue weighted by atomic mass is 10.3. The average Bonchev–Trinajstić information content (AvgIpc) is 2.83. The maximum Gasteiger partial charge on any atom is 0.272 e. The van der Waals surface area contributed by atoms with Gasteiger partial charge in [-0.2, -0.15) is 0 Å². The Morgan fingerprint density at radius 1 is 1.06 bits per heavy atom. The van der Waals surface area contributed by atoms with Crippen LogP contribution in [-0.2, 0) is 0 Å². The first kappa shape index (κ1) is 31.0. The molecule has 9 nitrogen and oxygen atoms in total. The van der Waals surface area contributed by atoms with Crippen molar-refractivity contribution in [1.29, 1.82) is 0 Å². The van der Waals surface area contributed by atoms with Crippen LogP contribution in [0.2, 0.25) is 5.02 Å². The van der Waals surface area contributed by atoms with Gasteiger partial charge >= 0.3 is 0 Å². The van der Waals surface area contributed by atoms with E-state index in [-0.39, 0.29) is 30.7 Å². The van der Waals surface area contributed by atoms with E-state index < -0.39 is 0 Å². The number of carbonyl (C=O) groups is 1. The van der Waals surface area contributed by atoms with Crippen LogP contribution in [0.25, 0.3) is 0 Å². The predicted molar refractivity (Wildman–Crippen MR) is 144 cm³/mol. The average molecular weight is 550 g/mol. The van der Waals surface area contributed by atoms with Gasteiger partial charge in [0.25, 0.3) is 5.91 Å². The van der Waals surface area contributed by atoms with Crippen LogP contribution < -0.4 is 20.1 Å². The molecule has 35 heavy (non-hydrogen) atoms. The molecule has 1 saturated heterocycles. The number of benzene rings is 1. The van der Waals surface area contributed by atoms with Crippen molar-refractivity contribution in [2.75, 3.05) is 71.9 Å². The number of anilines is 1. The molecule has 1 aliphatic rings.